The first kappa shape index (κ1) is 13.6. The van der Waals surface area contributed by atoms with E-state index in [4.69, 9.17) is 5.11 Å². The highest BCUT2D eigenvalue weighted by molar-refractivity contribution is 7.92. The summed E-state index contributed by atoms with van der Waals surface area (Å²) in [5.41, 5.74) is 0.800. The van der Waals surface area contributed by atoms with Gasteiger partial charge in [0.1, 0.15) is 4.88 Å². The van der Waals surface area contributed by atoms with Crippen LogP contribution in [-0.2, 0) is 16.4 Å². The summed E-state index contributed by atoms with van der Waals surface area (Å²) in [6.07, 6.45) is 0.705. The number of anilines is 1. The molecule has 3 N–H and O–H groups in total. The molecule has 0 saturated heterocycles. The topological polar surface area (TPSA) is 112 Å². The Labute approximate surface area is 113 Å². The Balaban J connectivity index is 2.24. The molecular weight excluding hydrogens is 290 g/mol. The summed E-state index contributed by atoms with van der Waals surface area (Å²) in [6.45, 7) is 1.91. The molecule has 0 bridgehead atoms. The molecule has 0 unspecified atom stereocenters. The first-order chi connectivity index (χ1) is 8.92. The summed E-state index contributed by atoms with van der Waals surface area (Å²) in [5.74, 6) is -0.973. The number of sulfonamides is 1. The molecule has 0 aliphatic rings. The number of aromatic amines is 1. The van der Waals surface area contributed by atoms with E-state index in [1.54, 1.807) is 6.07 Å². The summed E-state index contributed by atoms with van der Waals surface area (Å²) in [6, 6.07) is 2.70. The number of carboxylic acids is 1. The van der Waals surface area contributed by atoms with Gasteiger partial charge in [0.2, 0.25) is 0 Å². The van der Waals surface area contributed by atoms with Crippen LogP contribution in [0.2, 0.25) is 0 Å². The molecule has 0 aliphatic heterocycles. The molecule has 2 aromatic rings. The molecular formula is C10H11N3O4S2. The van der Waals surface area contributed by atoms with Crippen LogP contribution in [0.4, 0.5) is 5.82 Å². The van der Waals surface area contributed by atoms with Crippen LogP contribution in [-0.4, -0.2) is 29.7 Å². The van der Waals surface area contributed by atoms with Gasteiger partial charge in [0.05, 0.1) is 4.90 Å². The zero-order valence-corrected chi connectivity index (χ0v) is 11.5. The molecule has 0 amide bonds. The van der Waals surface area contributed by atoms with Crippen LogP contribution >= 0.6 is 11.3 Å². The highest BCUT2D eigenvalue weighted by Gasteiger charge is 2.19. The van der Waals surface area contributed by atoms with Gasteiger partial charge in [0.15, 0.2) is 5.82 Å². The first-order valence-electron chi connectivity index (χ1n) is 5.31. The lowest BCUT2D eigenvalue weighted by molar-refractivity contribution is 0.0702. The number of thiophene rings is 1. The van der Waals surface area contributed by atoms with Crippen LogP contribution in [0, 0.1) is 0 Å². The number of rotatable bonds is 5. The maximum Gasteiger partial charge on any atom is 0.345 e. The maximum atomic E-state index is 12.0. The minimum atomic E-state index is -3.81. The van der Waals surface area contributed by atoms with Gasteiger partial charge in [-0.15, -0.1) is 11.3 Å². The smallest absolute Gasteiger partial charge is 0.345 e. The van der Waals surface area contributed by atoms with Crippen molar-refractivity contribution in [2.75, 3.05) is 4.72 Å². The second kappa shape index (κ2) is 5.02. The Kier molecular flexibility index (Phi) is 3.58. The molecule has 102 valence electrons. The fourth-order valence-corrected chi connectivity index (χ4v) is 3.47. The maximum absolute atomic E-state index is 12.0. The minimum absolute atomic E-state index is 0.0309. The van der Waals surface area contributed by atoms with Crippen molar-refractivity contribution in [3.8, 4) is 0 Å². The largest absolute Gasteiger partial charge is 0.477 e. The molecule has 19 heavy (non-hydrogen) atoms. The SMILES string of the molecule is CCc1cc(NS(=O)(=O)c2csc(C(=O)O)c2)n[nH]1. The highest BCUT2D eigenvalue weighted by atomic mass is 32.2. The molecule has 2 aromatic heterocycles. The third-order valence-electron chi connectivity index (χ3n) is 2.35. The summed E-state index contributed by atoms with van der Waals surface area (Å²) in [5, 5.41) is 16.5. The average Bonchev–Trinajstić information content (AvgIpc) is 2.95. The molecule has 0 fully saturated rings. The van der Waals surface area contributed by atoms with E-state index in [0.717, 1.165) is 23.1 Å². The van der Waals surface area contributed by atoms with Crippen molar-refractivity contribution in [1.82, 2.24) is 10.2 Å². The number of H-pyrrole nitrogens is 1. The van der Waals surface area contributed by atoms with E-state index in [1.807, 2.05) is 6.92 Å². The Hall–Kier alpha value is -1.87. The van der Waals surface area contributed by atoms with Crippen molar-refractivity contribution in [2.24, 2.45) is 0 Å². The highest BCUT2D eigenvalue weighted by Crippen LogP contribution is 2.21. The van der Waals surface area contributed by atoms with Gasteiger partial charge in [-0.25, -0.2) is 13.2 Å². The van der Waals surface area contributed by atoms with Crippen molar-refractivity contribution >= 4 is 33.1 Å². The number of carbonyl (C=O) groups is 1. The van der Waals surface area contributed by atoms with E-state index in [2.05, 4.69) is 14.9 Å². The fraction of sp³-hybridized carbons (Fsp3) is 0.200. The van der Waals surface area contributed by atoms with E-state index in [9.17, 15) is 13.2 Å². The molecule has 0 radical (unpaired) electrons. The zero-order chi connectivity index (χ0) is 14.0. The molecule has 7 nitrogen and oxygen atoms in total. The molecule has 0 atom stereocenters. The molecule has 0 aliphatic carbocycles. The average molecular weight is 301 g/mol. The summed E-state index contributed by atoms with van der Waals surface area (Å²) < 4.78 is 26.3. The van der Waals surface area contributed by atoms with Crippen molar-refractivity contribution < 1.29 is 18.3 Å². The number of nitrogens with zero attached hydrogens (tertiary/aromatic N) is 1. The van der Waals surface area contributed by atoms with Gasteiger partial charge in [-0.05, 0) is 12.5 Å². The minimum Gasteiger partial charge on any atom is -0.477 e. The number of hydrogen-bond acceptors (Lipinski definition) is 5. The standard InChI is InChI=1S/C10H11N3O4S2/c1-2-6-3-9(12-11-6)13-19(16,17)7-4-8(10(14)15)18-5-7/h3-5H,2H2,1H3,(H,14,15)(H2,11,12,13). The number of hydrogen-bond donors (Lipinski definition) is 3. The van der Waals surface area contributed by atoms with Gasteiger partial charge < -0.3 is 5.11 Å². The van der Waals surface area contributed by atoms with E-state index in [-0.39, 0.29) is 15.6 Å². The van der Waals surface area contributed by atoms with Crippen LogP contribution in [0.5, 0.6) is 0 Å². The summed E-state index contributed by atoms with van der Waals surface area (Å²) >= 11 is 0.858. The second-order valence-electron chi connectivity index (χ2n) is 3.69. The third kappa shape index (κ3) is 2.93. The van der Waals surface area contributed by atoms with E-state index >= 15 is 0 Å². The number of aromatic nitrogens is 2. The fourth-order valence-electron chi connectivity index (χ4n) is 1.36. The number of aromatic carboxylic acids is 1. The van der Waals surface area contributed by atoms with Gasteiger partial charge in [0, 0.05) is 17.1 Å². The summed E-state index contributed by atoms with van der Waals surface area (Å²) in [4.78, 5) is 10.6. The first-order valence-corrected chi connectivity index (χ1v) is 7.67. The molecule has 2 rings (SSSR count). The normalized spacial score (nSPS) is 11.4. The van der Waals surface area contributed by atoms with Crippen LogP contribution in [0.15, 0.2) is 22.4 Å². The Morgan fingerprint density at radius 1 is 1.53 bits per heavy atom. The lowest BCUT2D eigenvalue weighted by atomic mass is 10.3. The Morgan fingerprint density at radius 3 is 2.79 bits per heavy atom. The number of aryl methyl sites for hydroxylation is 1. The van der Waals surface area contributed by atoms with Crippen molar-refractivity contribution in [3.63, 3.8) is 0 Å². The molecule has 0 spiro atoms. The zero-order valence-electron chi connectivity index (χ0n) is 9.87. The molecule has 2 heterocycles. The van der Waals surface area contributed by atoms with Gasteiger partial charge in [0.25, 0.3) is 10.0 Å². The third-order valence-corrected chi connectivity index (χ3v) is 4.75. The number of nitrogens with one attached hydrogen (secondary N) is 2. The quantitative estimate of drug-likeness (QED) is 0.775. The van der Waals surface area contributed by atoms with Crippen LogP contribution in [0.1, 0.15) is 22.3 Å². The van der Waals surface area contributed by atoms with Crippen LogP contribution in [0.3, 0.4) is 0 Å². The number of carboxylic acid groups (broad SMARTS) is 1. The van der Waals surface area contributed by atoms with Crippen molar-refractivity contribution in [2.45, 2.75) is 18.2 Å². The van der Waals surface area contributed by atoms with E-state index in [0.29, 0.717) is 6.42 Å². The van der Waals surface area contributed by atoms with Crippen LogP contribution in [0.25, 0.3) is 0 Å². The van der Waals surface area contributed by atoms with E-state index in [1.165, 1.54) is 5.38 Å². The monoisotopic (exact) mass is 301 g/mol. The lowest BCUT2D eigenvalue weighted by Gasteiger charge is -2.01. The van der Waals surface area contributed by atoms with Crippen molar-refractivity contribution in [3.05, 3.63) is 28.1 Å². The lowest BCUT2D eigenvalue weighted by Crippen LogP contribution is -2.12. The molecule has 9 heteroatoms. The Bertz CT molecular complexity index is 702. The van der Waals surface area contributed by atoms with Gasteiger partial charge in [-0.3, -0.25) is 9.82 Å². The van der Waals surface area contributed by atoms with Gasteiger partial charge in [-0.2, -0.15) is 5.10 Å². The van der Waals surface area contributed by atoms with E-state index < -0.39 is 16.0 Å². The second-order valence-corrected chi connectivity index (χ2v) is 6.28. The van der Waals surface area contributed by atoms with Gasteiger partial charge >= 0.3 is 5.97 Å². The Morgan fingerprint density at radius 2 is 2.26 bits per heavy atom. The van der Waals surface area contributed by atoms with Crippen molar-refractivity contribution in [1.29, 1.82) is 0 Å². The predicted octanol–water partition coefficient (Wildman–Crippen LogP) is 1.53. The summed E-state index contributed by atoms with van der Waals surface area (Å²) in [7, 11) is -3.81. The van der Waals surface area contributed by atoms with Gasteiger partial charge in [-0.1, -0.05) is 6.92 Å². The molecule has 0 saturated carbocycles. The molecule has 0 aromatic carbocycles. The van der Waals surface area contributed by atoms with Crippen LogP contribution < -0.4 is 4.72 Å². The predicted molar refractivity (Wildman–Crippen MR) is 70.1 cm³/mol.